The van der Waals surface area contributed by atoms with E-state index in [0.29, 0.717) is 29.8 Å². The maximum Gasteiger partial charge on any atom is 0.264 e. The van der Waals surface area contributed by atoms with E-state index in [0.717, 1.165) is 75.2 Å². The first-order valence-electron chi connectivity index (χ1n) is 16.0. The van der Waals surface area contributed by atoms with E-state index in [9.17, 15) is 18.3 Å². The van der Waals surface area contributed by atoms with Crippen molar-refractivity contribution in [3.05, 3.63) is 58.1 Å². The molecule has 0 saturated heterocycles. The zero-order valence-electron chi connectivity index (χ0n) is 25.5. The number of hydrogen-bond acceptors (Lipinski definition) is 6. The number of carbonyl (C=O) groups excluding carboxylic acids is 1. The summed E-state index contributed by atoms with van der Waals surface area (Å²) in [6.45, 7) is 7.57. The molecule has 1 amide bonds. The van der Waals surface area contributed by atoms with Gasteiger partial charge >= 0.3 is 0 Å². The van der Waals surface area contributed by atoms with Gasteiger partial charge in [0.2, 0.25) is 10.0 Å². The van der Waals surface area contributed by atoms with Crippen LogP contribution in [0.3, 0.4) is 0 Å². The molecule has 1 saturated carbocycles. The molecule has 4 aliphatic rings. The topological polar surface area (TPSA) is 95.9 Å². The Morgan fingerprint density at radius 2 is 1.91 bits per heavy atom. The number of aliphatic hydroxyl groups is 1. The highest BCUT2D eigenvalue weighted by Gasteiger charge is 2.45. The molecule has 7 atom stereocenters. The summed E-state index contributed by atoms with van der Waals surface area (Å²) in [5, 5.41) is 10.9. The summed E-state index contributed by atoms with van der Waals surface area (Å²) in [7, 11) is -3.88. The Morgan fingerprint density at radius 3 is 2.65 bits per heavy atom. The highest BCUT2D eigenvalue weighted by Crippen LogP contribution is 2.48. The lowest BCUT2D eigenvalue weighted by atomic mass is 9.64. The Labute approximate surface area is 261 Å². The summed E-state index contributed by atoms with van der Waals surface area (Å²) < 4.78 is 35.5. The number of nitrogens with zero attached hydrogens (tertiary/aromatic N) is 1. The Balaban J connectivity index is 1.42. The number of ether oxygens (including phenoxy) is 1. The lowest BCUT2D eigenvalue weighted by Gasteiger charge is -2.47. The largest absolute Gasteiger partial charge is 0.490 e. The molecule has 1 spiro atoms. The van der Waals surface area contributed by atoms with Crippen LogP contribution in [-0.4, -0.2) is 50.5 Å². The number of benzene rings is 2. The highest BCUT2D eigenvalue weighted by molar-refractivity contribution is 7.90. The molecular weight excluding hydrogens is 584 g/mol. The Hall–Kier alpha value is -2.29. The van der Waals surface area contributed by atoms with Gasteiger partial charge in [-0.3, -0.25) is 4.79 Å². The summed E-state index contributed by atoms with van der Waals surface area (Å²) in [6.07, 6.45) is 7.22. The minimum Gasteiger partial charge on any atom is -0.490 e. The molecule has 2 aromatic carbocycles. The minimum absolute atomic E-state index is 0.120. The molecule has 2 heterocycles. The van der Waals surface area contributed by atoms with Crippen LogP contribution in [0.1, 0.15) is 87.2 Å². The van der Waals surface area contributed by atoms with Gasteiger partial charge in [-0.1, -0.05) is 31.0 Å². The Morgan fingerprint density at radius 1 is 1.09 bits per heavy atom. The molecule has 2 N–H and O–H groups in total. The van der Waals surface area contributed by atoms with Gasteiger partial charge in [-0.15, -0.1) is 0 Å². The SMILES string of the molecule is C[C@@H]1[C@@H](C)CCC[C@@H]([C@@H](C)O)[C@H]2CCC2CN2CC3(CCCc4cc(Cl)ccc43)COc3ccc(cc32)C(=O)NS1(=O)=O. The molecule has 2 aromatic rings. The lowest BCUT2D eigenvalue weighted by molar-refractivity contribution is 0.0112. The lowest BCUT2D eigenvalue weighted by Crippen LogP contribution is -2.49. The number of aryl methyl sites for hydroxylation is 1. The molecule has 234 valence electrons. The molecule has 2 unspecified atom stereocenters. The molecule has 0 aromatic heterocycles. The number of amides is 1. The second-order valence-corrected chi connectivity index (χ2v) is 16.3. The molecule has 1 fully saturated rings. The van der Waals surface area contributed by atoms with Crippen molar-refractivity contribution >= 4 is 33.2 Å². The van der Waals surface area contributed by atoms with Crippen molar-refractivity contribution in [1.29, 1.82) is 0 Å². The van der Waals surface area contributed by atoms with Crippen molar-refractivity contribution in [3.8, 4) is 5.75 Å². The summed E-state index contributed by atoms with van der Waals surface area (Å²) >= 11 is 6.41. The van der Waals surface area contributed by atoms with Crippen LogP contribution < -0.4 is 14.4 Å². The molecule has 2 aliphatic heterocycles. The second-order valence-electron chi connectivity index (χ2n) is 13.8. The van der Waals surface area contributed by atoms with E-state index in [1.807, 2.05) is 32.0 Å². The molecule has 2 aliphatic carbocycles. The number of fused-ring (bicyclic) bond motifs is 4. The smallest absolute Gasteiger partial charge is 0.264 e. The van der Waals surface area contributed by atoms with Gasteiger partial charge < -0.3 is 14.7 Å². The molecular formula is C34H45ClN2O5S. The van der Waals surface area contributed by atoms with Crippen LogP contribution in [0.2, 0.25) is 5.02 Å². The zero-order valence-corrected chi connectivity index (χ0v) is 27.1. The fourth-order valence-corrected chi connectivity index (χ4v) is 9.74. The third-order valence-electron chi connectivity index (χ3n) is 11.1. The predicted molar refractivity (Wildman–Crippen MR) is 170 cm³/mol. The van der Waals surface area contributed by atoms with E-state index in [1.165, 1.54) is 11.1 Å². The number of nitrogens with one attached hydrogen (secondary N) is 1. The quantitative estimate of drug-likeness (QED) is 0.396. The van der Waals surface area contributed by atoms with Gasteiger partial charge in [0.15, 0.2) is 0 Å². The first-order chi connectivity index (χ1) is 20.5. The number of hydrogen-bond donors (Lipinski definition) is 2. The van der Waals surface area contributed by atoms with Gasteiger partial charge in [0, 0.05) is 29.1 Å². The van der Waals surface area contributed by atoms with E-state index in [2.05, 4.69) is 21.8 Å². The van der Waals surface area contributed by atoms with Crippen LogP contribution in [-0.2, 0) is 21.9 Å². The average molecular weight is 629 g/mol. The third-order valence-corrected chi connectivity index (χ3v) is 13.3. The number of halogens is 1. The van der Waals surface area contributed by atoms with E-state index in [4.69, 9.17) is 16.3 Å². The monoisotopic (exact) mass is 628 g/mol. The van der Waals surface area contributed by atoms with Gasteiger partial charge in [-0.25, -0.2) is 13.1 Å². The van der Waals surface area contributed by atoms with Gasteiger partial charge in [0.25, 0.3) is 5.91 Å². The third kappa shape index (κ3) is 5.91. The fourth-order valence-electron chi connectivity index (χ4n) is 8.23. The normalized spacial score (nSPS) is 33.2. The van der Waals surface area contributed by atoms with E-state index >= 15 is 0 Å². The van der Waals surface area contributed by atoms with Gasteiger partial charge in [0.05, 0.1) is 23.6 Å². The zero-order chi connectivity index (χ0) is 30.5. The van der Waals surface area contributed by atoms with E-state index in [1.54, 1.807) is 13.0 Å². The summed E-state index contributed by atoms with van der Waals surface area (Å²) in [5.74, 6) is 0.968. The van der Waals surface area contributed by atoms with Crippen molar-refractivity contribution in [2.45, 2.75) is 88.9 Å². The molecule has 6 rings (SSSR count). The first kappa shape index (κ1) is 30.7. The van der Waals surface area contributed by atoms with Crippen molar-refractivity contribution in [1.82, 2.24) is 4.72 Å². The average Bonchev–Trinajstić information content (AvgIpc) is 3.10. The van der Waals surface area contributed by atoms with Crippen LogP contribution in [0.15, 0.2) is 36.4 Å². The van der Waals surface area contributed by atoms with Crippen molar-refractivity contribution in [3.63, 3.8) is 0 Å². The summed E-state index contributed by atoms with van der Waals surface area (Å²) in [6, 6.07) is 11.5. The van der Waals surface area contributed by atoms with Crippen molar-refractivity contribution < 1.29 is 23.1 Å². The molecule has 7 nitrogen and oxygen atoms in total. The van der Waals surface area contributed by atoms with Crippen LogP contribution in [0.5, 0.6) is 5.75 Å². The Bertz CT molecular complexity index is 1480. The van der Waals surface area contributed by atoms with E-state index < -0.39 is 27.3 Å². The number of rotatable bonds is 1. The molecule has 9 heteroatoms. The maximum atomic E-state index is 13.4. The van der Waals surface area contributed by atoms with Gasteiger partial charge in [-0.2, -0.15) is 0 Å². The second kappa shape index (κ2) is 11.9. The maximum absolute atomic E-state index is 13.4. The molecule has 2 bridgehead atoms. The van der Waals surface area contributed by atoms with E-state index in [-0.39, 0.29) is 17.3 Å². The van der Waals surface area contributed by atoms with Crippen molar-refractivity contribution in [2.24, 2.45) is 23.7 Å². The predicted octanol–water partition coefficient (Wildman–Crippen LogP) is 6.10. The van der Waals surface area contributed by atoms with Crippen LogP contribution in [0.25, 0.3) is 0 Å². The fraction of sp³-hybridized carbons (Fsp3) is 0.618. The van der Waals surface area contributed by atoms with Crippen molar-refractivity contribution in [2.75, 3.05) is 24.6 Å². The van der Waals surface area contributed by atoms with Gasteiger partial charge in [0.1, 0.15) is 5.75 Å². The summed E-state index contributed by atoms with van der Waals surface area (Å²) in [4.78, 5) is 15.8. The van der Waals surface area contributed by atoms with Crippen LogP contribution >= 0.6 is 11.6 Å². The van der Waals surface area contributed by atoms with Crippen LogP contribution in [0, 0.1) is 23.7 Å². The highest BCUT2D eigenvalue weighted by atomic mass is 35.5. The standard InChI is InChI=1S/C34H45ClN2O5S/c1-21-6-4-8-28(22(2)38)29-12-9-26(29)18-37-19-34(15-5-7-24-16-27(35)11-13-30(24)34)20-42-32-14-10-25(17-31(32)37)33(39)36-43(40,41)23(21)3/h10-11,13-14,16-17,21-23,26,28-29,38H,4-9,12,15,18-20H2,1-3H3,(H,36,39)/t21-,22+,23+,26?,28-,29-,34?/m0/s1. The van der Waals surface area contributed by atoms with Gasteiger partial charge in [-0.05, 0) is 124 Å². The number of aliphatic hydroxyl groups excluding tert-OH is 1. The number of anilines is 1. The Kier molecular flexibility index (Phi) is 8.50. The molecule has 43 heavy (non-hydrogen) atoms. The number of sulfonamides is 1. The molecule has 0 radical (unpaired) electrons. The van der Waals surface area contributed by atoms with Crippen LogP contribution in [0.4, 0.5) is 5.69 Å². The number of carbonyl (C=O) groups is 1. The summed E-state index contributed by atoms with van der Waals surface area (Å²) in [5.41, 5.74) is 3.45. The first-order valence-corrected chi connectivity index (χ1v) is 17.9. The minimum atomic E-state index is -3.88.